The fourth-order valence-corrected chi connectivity index (χ4v) is 7.31. The van der Waals surface area contributed by atoms with E-state index in [0.29, 0.717) is 0 Å². The van der Waals surface area contributed by atoms with Crippen LogP contribution in [0.25, 0.3) is 33.4 Å². The number of benzene rings is 5. The summed E-state index contributed by atoms with van der Waals surface area (Å²) in [6.07, 6.45) is 0. The van der Waals surface area contributed by atoms with Gasteiger partial charge in [-0.25, -0.2) is 0 Å². The molecule has 5 aromatic carbocycles. The van der Waals surface area contributed by atoms with Gasteiger partial charge >= 0.3 is 7.12 Å². The summed E-state index contributed by atoms with van der Waals surface area (Å²) >= 11 is 0. The lowest BCUT2D eigenvalue weighted by molar-refractivity contribution is 0.00578. The predicted octanol–water partition coefficient (Wildman–Crippen LogP) is 8.00. The molecule has 0 aromatic heterocycles. The van der Waals surface area contributed by atoms with E-state index in [4.69, 9.17) is 9.31 Å². The normalized spacial score (nSPS) is 18.4. The summed E-state index contributed by atoms with van der Waals surface area (Å²) in [6, 6.07) is 42.2. The van der Waals surface area contributed by atoms with Crippen molar-refractivity contribution >= 4 is 12.6 Å². The highest BCUT2D eigenvalue weighted by Crippen LogP contribution is 2.63. The van der Waals surface area contributed by atoms with Gasteiger partial charge in [-0.1, -0.05) is 115 Å². The van der Waals surface area contributed by atoms with Crippen molar-refractivity contribution in [3.8, 4) is 33.4 Å². The number of hydrogen-bond donors (Lipinski definition) is 0. The summed E-state index contributed by atoms with van der Waals surface area (Å²) in [6.45, 7) is 8.53. The summed E-state index contributed by atoms with van der Waals surface area (Å²) < 4.78 is 13.5. The van der Waals surface area contributed by atoms with Crippen LogP contribution in [0.2, 0.25) is 0 Å². The van der Waals surface area contributed by atoms with Crippen LogP contribution in [-0.2, 0) is 14.7 Å². The maximum Gasteiger partial charge on any atom is 0.495 e. The Morgan fingerprint density at radius 3 is 1.62 bits per heavy atom. The fraction of sp³-hybridized carbons (Fsp3) is 0.189. The van der Waals surface area contributed by atoms with Crippen molar-refractivity contribution in [2.45, 2.75) is 44.3 Å². The van der Waals surface area contributed by atoms with Crippen molar-refractivity contribution in [2.75, 3.05) is 0 Å². The Labute approximate surface area is 236 Å². The Hall–Kier alpha value is -3.92. The minimum atomic E-state index is -0.469. The first-order valence-electron chi connectivity index (χ1n) is 14.2. The van der Waals surface area contributed by atoms with E-state index >= 15 is 0 Å². The summed E-state index contributed by atoms with van der Waals surface area (Å²) in [7, 11) is -0.466. The van der Waals surface area contributed by atoms with Crippen molar-refractivity contribution in [3.05, 3.63) is 138 Å². The summed E-state index contributed by atoms with van der Waals surface area (Å²) in [4.78, 5) is 0. The van der Waals surface area contributed by atoms with Gasteiger partial charge < -0.3 is 9.31 Å². The molecule has 194 valence electrons. The van der Waals surface area contributed by atoms with E-state index in [1.54, 1.807) is 0 Å². The first-order chi connectivity index (χ1) is 19.3. The quantitative estimate of drug-likeness (QED) is 0.216. The van der Waals surface area contributed by atoms with E-state index in [9.17, 15) is 0 Å². The highest BCUT2D eigenvalue weighted by atomic mass is 16.7. The lowest BCUT2D eigenvalue weighted by atomic mass is 9.63. The van der Waals surface area contributed by atoms with Gasteiger partial charge in [-0.15, -0.1) is 0 Å². The van der Waals surface area contributed by atoms with Crippen LogP contribution in [0, 0.1) is 0 Å². The number of rotatable bonds is 2. The molecule has 0 unspecified atom stereocenters. The second kappa shape index (κ2) is 8.07. The van der Waals surface area contributed by atoms with Crippen LogP contribution >= 0.6 is 0 Å². The minimum Gasteiger partial charge on any atom is -0.399 e. The third-order valence-corrected chi connectivity index (χ3v) is 9.75. The first kappa shape index (κ1) is 23.9. The zero-order chi connectivity index (χ0) is 27.3. The zero-order valence-electron chi connectivity index (χ0n) is 23.4. The molecule has 8 rings (SSSR count). The Morgan fingerprint density at radius 2 is 0.975 bits per heavy atom. The second-order valence-electron chi connectivity index (χ2n) is 12.3. The number of fused-ring (bicyclic) bond motifs is 10. The average molecular weight is 518 g/mol. The van der Waals surface area contributed by atoms with Crippen molar-refractivity contribution in [1.29, 1.82) is 0 Å². The monoisotopic (exact) mass is 518 g/mol. The third kappa shape index (κ3) is 2.92. The molecule has 0 radical (unpaired) electrons. The molecule has 0 atom stereocenters. The second-order valence-corrected chi connectivity index (χ2v) is 12.3. The van der Waals surface area contributed by atoms with Crippen molar-refractivity contribution in [2.24, 2.45) is 0 Å². The van der Waals surface area contributed by atoms with Gasteiger partial charge in [0.15, 0.2) is 0 Å². The molecule has 1 spiro atoms. The Morgan fingerprint density at radius 1 is 0.475 bits per heavy atom. The van der Waals surface area contributed by atoms with Crippen LogP contribution in [-0.4, -0.2) is 18.3 Å². The molecule has 1 fully saturated rings. The lowest BCUT2D eigenvalue weighted by Crippen LogP contribution is -2.42. The fourth-order valence-electron chi connectivity index (χ4n) is 7.31. The highest BCUT2D eigenvalue weighted by Gasteiger charge is 2.57. The largest absolute Gasteiger partial charge is 0.495 e. The molecule has 1 heterocycles. The van der Waals surface area contributed by atoms with Crippen molar-refractivity contribution in [3.63, 3.8) is 0 Å². The van der Waals surface area contributed by atoms with Crippen LogP contribution in [0.5, 0.6) is 0 Å². The van der Waals surface area contributed by atoms with Gasteiger partial charge in [-0.2, -0.15) is 0 Å². The van der Waals surface area contributed by atoms with Gasteiger partial charge in [0.25, 0.3) is 0 Å². The summed E-state index contributed by atoms with van der Waals surface area (Å²) in [5, 5.41) is 0. The van der Waals surface area contributed by atoms with Gasteiger partial charge in [0.05, 0.1) is 16.6 Å². The van der Waals surface area contributed by atoms with E-state index in [1.807, 2.05) is 0 Å². The predicted molar refractivity (Wildman–Crippen MR) is 164 cm³/mol. The zero-order valence-corrected chi connectivity index (χ0v) is 23.4. The van der Waals surface area contributed by atoms with Crippen LogP contribution in [0.3, 0.4) is 0 Å². The Kier molecular flexibility index (Phi) is 4.83. The van der Waals surface area contributed by atoms with Gasteiger partial charge in [0.2, 0.25) is 0 Å². The highest BCUT2D eigenvalue weighted by molar-refractivity contribution is 6.63. The van der Waals surface area contributed by atoms with E-state index in [0.717, 1.165) is 5.46 Å². The Bertz CT molecular complexity index is 1760. The summed E-state index contributed by atoms with van der Waals surface area (Å²) in [5.41, 5.74) is 12.7. The molecule has 0 amide bonds. The van der Waals surface area contributed by atoms with E-state index < -0.39 is 23.7 Å². The molecular weight excluding hydrogens is 487 g/mol. The third-order valence-electron chi connectivity index (χ3n) is 9.75. The van der Waals surface area contributed by atoms with E-state index in [2.05, 4.69) is 143 Å². The molecular formula is C37H31BO2. The molecule has 0 saturated carbocycles. The average Bonchev–Trinajstić information content (AvgIpc) is 3.53. The van der Waals surface area contributed by atoms with Gasteiger partial charge in [0.1, 0.15) is 0 Å². The van der Waals surface area contributed by atoms with Crippen LogP contribution < -0.4 is 5.46 Å². The van der Waals surface area contributed by atoms with Crippen LogP contribution in [0.15, 0.2) is 115 Å². The Balaban J connectivity index is 1.52. The van der Waals surface area contributed by atoms with Crippen LogP contribution in [0.4, 0.5) is 0 Å². The number of hydrogen-bond acceptors (Lipinski definition) is 2. The van der Waals surface area contributed by atoms with Crippen LogP contribution in [0.1, 0.15) is 49.9 Å². The van der Waals surface area contributed by atoms with E-state index in [-0.39, 0.29) is 0 Å². The maximum absolute atomic E-state index is 6.75. The molecule has 3 heteroatoms. The summed E-state index contributed by atoms with van der Waals surface area (Å²) in [5.74, 6) is 0. The van der Waals surface area contributed by atoms with Crippen molar-refractivity contribution < 1.29 is 9.31 Å². The van der Waals surface area contributed by atoms with Gasteiger partial charge in [-0.3, -0.25) is 0 Å². The molecule has 0 bridgehead atoms. The maximum atomic E-state index is 6.75. The SMILES string of the molecule is CC1(C)OB(c2cccc3c2C2(c4ccccc4-c4ccccc42)c2cccc(-c4ccccc4)c2-3)OC1(C)C. The minimum absolute atomic E-state index is 0.431. The molecule has 0 N–H and O–H groups in total. The standard InChI is InChI=1S/C37H31BO2/c1-35(2)36(3,4)40-38(39-35)32-23-13-19-28-33-25(24-14-6-5-7-15-24)18-12-22-31(33)37(34(28)32)29-20-10-8-16-26(29)27-17-9-11-21-30(27)37/h5-23H,1-4H3. The smallest absolute Gasteiger partial charge is 0.399 e. The molecule has 5 aromatic rings. The molecule has 40 heavy (non-hydrogen) atoms. The molecule has 2 nitrogen and oxygen atoms in total. The molecule has 2 aliphatic carbocycles. The van der Waals surface area contributed by atoms with E-state index in [1.165, 1.54) is 55.6 Å². The topological polar surface area (TPSA) is 18.5 Å². The molecule has 1 saturated heterocycles. The lowest BCUT2D eigenvalue weighted by Gasteiger charge is -2.32. The molecule has 1 aliphatic heterocycles. The van der Waals surface area contributed by atoms with Crippen molar-refractivity contribution in [1.82, 2.24) is 0 Å². The first-order valence-corrected chi connectivity index (χ1v) is 14.2. The molecule has 3 aliphatic rings. The van der Waals surface area contributed by atoms with Gasteiger partial charge in [0, 0.05) is 0 Å². The van der Waals surface area contributed by atoms with Gasteiger partial charge in [-0.05, 0) is 88.8 Å².